The minimum Gasteiger partial charge on any atom is -0.497 e. The maximum absolute atomic E-state index is 12.9. The lowest BCUT2D eigenvalue weighted by molar-refractivity contribution is -0.127. The van der Waals surface area contributed by atoms with Crippen molar-refractivity contribution < 1.29 is 19.1 Å². The molecule has 8 nitrogen and oxygen atoms in total. The number of rotatable bonds is 6. The molecule has 0 saturated carbocycles. The van der Waals surface area contributed by atoms with Crippen molar-refractivity contribution in [3.63, 3.8) is 0 Å². The number of amides is 4. The number of carbonyl (C=O) groups excluding carboxylic acids is 3. The molecule has 2 heterocycles. The standard InChI is InChI=1S/C27H30N4O4/c1-6-31-23-12-7-18(13-21(23)17(2)15-27(31,3)4)14-22-25(33)30(26(34)29-22)16-24(32)28-19-8-10-20(35-5)11-9-19/h7-15H,6,16H2,1-5H3,(H,28,32)(H,29,34)/b22-14+. The van der Waals surface area contributed by atoms with Gasteiger partial charge in [-0.1, -0.05) is 12.1 Å². The van der Waals surface area contributed by atoms with Crippen LogP contribution in [0.1, 0.15) is 38.8 Å². The first-order valence-corrected chi connectivity index (χ1v) is 11.5. The number of likely N-dealkylation sites (N-methyl/N-ethyl adjacent to an activating group) is 1. The van der Waals surface area contributed by atoms with E-state index in [4.69, 9.17) is 4.74 Å². The summed E-state index contributed by atoms with van der Waals surface area (Å²) in [6.45, 7) is 9.06. The van der Waals surface area contributed by atoms with E-state index in [9.17, 15) is 14.4 Å². The molecular formula is C27H30N4O4. The van der Waals surface area contributed by atoms with Crippen molar-refractivity contribution in [2.75, 3.05) is 30.4 Å². The lowest BCUT2D eigenvalue weighted by atomic mass is 9.88. The predicted molar refractivity (Wildman–Crippen MR) is 137 cm³/mol. The molecule has 4 rings (SSSR count). The minimum absolute atomic E-state index is 0.0892. The third kappa shape index (κ3) is 4.77. The van der Waals surface area contributed by atoms with E-state index in [0.717, 1.165) is 33.8 Å². The first-order chi connectivity index (χ1) is 16.6. The number of nitrogens with one attached hydrogen (secondary N) is 2. The van der Waals surface area contributed by atoms with Gasteiger partial charge < -0.3 is 20.3 Å². The molecule has 0 unspecified atom stereocenters. The zero-order valence-electron chi connectivity index (χ0n) is 20.6. The Labute approximate surface area is 205 Å². The minimum atomic E-state index is -0.626. The van der Waals surface area contributed by atoms with Crippen LogP contribution in [0, 0.1) is 0 Å². The fourth-order valence-electron chi connectivity index (χ4n) is 4.67. The Morgan fingerprint density at radius 3 is 2.51 bits per heavy atom. The van der Waals surface area contributed by atoms with Crippen molar-refractivity contribution >= 4 is 40.9 Å². The molecule has 0 bridgehead atoms. The maximum Gasteiger partial charge on any atom is 0.329 e. The summed E-state index contributed by atoms with van der Waals surface area (Å²) in [6.07, 6.45) is 3.88. The van der Waals surface area contributed by atoms with E-state index in [2.05, 4.69) is 49.3 Å². The fourth-order valence-corrected chi connectivity index (χ4v) is 4.67. The number of methoxy groups -OCH3 is 1. The van der Waals surface area contributed by atoms with Gasteiger partial charge in [-0.2, -0.15) is 0 Å². The van der Waals surface area contributed by atoms with Crippen LogP contribution in [-0.2, 0) is 9.59 Å². The van der Waals surface area contributed by atoms with Gasteiger partial charge in [0.1, 0.15) is 18.0 Å². The first kappa shape index (κ1) is 24.1. The second kappa shape index (κ2) is 9.29. The number of imide groups is 1. The average Bonchev–Trinajstić information content (AvgIpc) is 3.07. The van der Waals surface area contributed by atoms with Gasteiger partial charge in [-0.05, 0) is 81.3 Å². The van der Waals surface area contributed by atoms with Crippen LogP contribution < -0.4 is 20.3 Å². The summed E-state index contributed by atoms with van der Waals surface area (Å²) in [4.78, 5) is 41.0. The number of benzene rings is 2. The van der Waals surface area contributed by atoms with Gasteiger partial charge in [0.05, 0.1) is 12.6 Å². The van der Waals surface area contributed by atoms with Gasteiger partial charge in [-0.25, -0.2) is 9.69 Å². The molecule has 182 valence electrons. The van der Waals surface area contributed by atoms with Crippen molar-refractivity contribution in [3.8, 4) is 5.75 Å². The van der Waals surface area contributed by atoms with E-state index in [1.807, 2.05) is 18.2 Å². The molecule has 8 heteroatoms. The molecule has 0 atom stereocenters. The van der Waals surface area contributed by atoms with E-state index in [0.29, 0.717) is 11.4 Å². The van der Waals surface area contributed by atoms with Crippen LogP contribution in [-0.4, -0.2) is 48.5 Å². The topological polar surface area (TPSA) is 91.0 Å². The highest BCUT2D eigenvalue weighted by Gasteiger charge is 2.35. The van der Waals surface area contributed by atoms with E-state index >= 15 is 0 Å². The fraction of sp³-hybridized carbons (Fsp3) is 0.296. The Kier molecular flexibility index (Phi) is 6.39. The number of anilines is 2. The Hall–Kier alpha value is -4.07. The molecule has 0 aliphatic carbocycles. The van der Waals surface area contributed by atoms with Gasteiger partial charge in [-0.15, -0.1) is 0 Å². The highest BCUT2D eigenvalue weighted by atomic mass is 16.5. The summed E-state index contributed by atoms with van der Waals surface area (Å²) in [7, 11) is 1.55. The zero-order valence-corrected chi connectivity index (χ0v) is 20.6. The summed E-state index contributed by atoms with van der Waals surface area (Å²) in [5, 5.41) is 5.27. The van der Waals surface area contributed by atoms with Crippen LogP contribution in [0.3, 0.4) is 0 Å². The van der Waals surface area contributed by atoms with E-state index < -0.39 is 17.8 Å². The molecule has 35 heavy (non-hydrogen) atoms. The van der Waals surface area contributed by atoms with Crippen molar-refractivity contribution in [2.24, 2.45) is 0 Å². The molecule has 2 aromatic rings. The molecule has 0 spiro atoms. The second-order valence-corrected chi connectivity index (χ2v) is 9.16. The number of ether oxygens (including phenoxy) is 1. The lowest BCUT2D eigenvalue weighted by Gasteiger charge is -2.42. The van der Waals surface area contributed by atoms with Crippen molar-refractivity contribution in [3.05, 3.63) is 65.4 Å². The SMILES string of the molecule is CCN1c2ccc(/C=C3/NC(=O)N(CC(=O)Nc4ccc(OC)cc4)C3=O)cc2C(C)=CC1(C)C. The van der Waals surface area contributed by atoms with Crippen molar-refractivity contribution in [2.45, 2.75) is 33.2 Å². The number of urea groups is 1. The Morgan fingerprint density at radius 1 is 1.14 bits per heavy atom. The summed E-state index contributed by atoms with van der Waals surface area (Å²) < 4.78 is 5.10. The van der Waals surface area contributed by atoms with E-state index in [1.165, 1.54) is 0 Å². The number of hydrogen-bond donors (Lipinski definition) is 2. The van der Waals surface area contributed by atoms with Gasteiger partial charge in [0, 0.05) is 23.5 Å². The third-order valence-corrected chi connectivity index (χ3v) is 6.27. The smallest absolute Gasteiger partial charge is 0.329 e. The number of hydrogen-bond acceptors (Lipinski definition) is 5. The summed E-state index contributed by atoms with van der Waals surface area (Å²) in [5.74, 6) is -0.358. The van der Waals surface area contributed by atoms with Crippen LogP contribution >= 0.6 is 0 Å². The Balaban J connectivity index is 1.50. The van der Waals surface area contributed by atoms with E-state index in [1.54, 1.807) is 37.5 Å². The Bertz CT molecular complexity index is 1240. The molecule has 0 aromatic heterocycles. The highest BCUT2D eigenvalue weighted by molar-refractivity contribution is 6.16. The van der Waals surface area contributed by atoms with Crippen LogP contribution in [0.2, 0.25) is 0 Å². The number of allylic oxidation sites excluding steroid dienone is 1. The molecule has 4 amide bonds. The quantitative estimate of drug-likeness (QED) is 0.483. The largest absolute Gasteiger partial charge is 0.497 e. The molecular weight excluding hydrogens is 444 g/mol. The predicted octanol–water partition coefficient (Wildman–Crippen LogP) is 4.25. The van der Waals surface area contributed by atoms with Gasteiger partial charge in [0.15, 0.2) is 0 Å². The Morgan fingerprint density at radius 2 is 1.86 bits per heavy atom. The average molecular weight is 475 g/mol. The van der Waals surface area contributed by atoms with Crippen LogP contribution in [0.25, 0.3) is 11.6 Å². The van der Waals surface area contributed by atoms with Gasteiger partial charge in [0.25, 0.3) is 5.91 Å². The first-order valence-electron chi connectivity index (χ1n) is 11.5. The lowest BCUT2D eigenvalue weighted by Crippen LogP contribution is -2.44. The third-order valence-electron chi connectivity index (χ3n) is 6.27. The van der Waals surface area contributed by atoms with Crippen molar-refractivity contribution in [1.82, 2.24) is 10.2 Å². The number of fused-ring (bicyclic) bond motifs is 1. The van der Waals surface area contributed by atoms with E-state index in [-0.39, 0.29) is 17.8 Å². The van der Waals surface area contributed by atoms with Gasteiger partial charge in [-0.3, -0.25) is 9.59 Å². The molecule has 2 aromatic carbocycles. The second-order valence-electron chi connectivity index (χ2n) is 9.16. The summed E-state index contributed by atoms with van der Waals surface area (Å²) >= 11 is 0. The monoisotopic (exact) mass is 474 g/mol. The molecule has 2 aliphatic rings. The van der Waals surface area contributed by atoms with Gasteiger partial charge in [0.2, 0.25) is 5.91 Å². The van der Waals surface area contributed by atoms with Gasteiger partial charge >= 0.3 is 6.03 Å². The van der Waals surface area contributed by atoms with Crippen LogP contribution in [0.4, 0.5) is 16.2 Å². The normalized spacial score (nSPS) is 17.7. The molecule has 2 aliphatic heterocycles. The molecule has 0 radical (unpaired) electrons. The molecule has 1 saturated heterocycles. The summed E-state index contributed by atoms with van der Waals surface area (Å²) in [5.41, 5.74) is 4.77. The highest BCUT2D eigenvalue weighted by Crippen LogP contribution is 2.39. The number of nitrogens with zero attached hydrogens (tertiary/aromatic N) is 2. The molecule has 2 N–H and O–H groups in total. The molecule has 1 fully saturated rings. The van der Waals surface area contributed by atoms with Crippen LogP contribution in [0.5, 0.6) is 5.75 Å². The zero-order chi connectivity index (χ0) is 25.3. The summed E-state index contributed by atoms with van der Waals surface area (Å²) in [6, 6.07) is 12.2. The van der Waals surface area contributed by atoms with Crippen molar-refractivity contribution in [1.29, 1.82) is 0 Å². The maximum atomic E-state index is 12.9. The number of carbonyl (C=O) groups is 3. The van der Waals surface area contributed by atoms with Crippen LogP contribution in [0.15, 0.2) is 54.2 Å².